The van der Waals surface area contributed by atoms with Gasteiger partial charge in [0.05, 0.1) is 18.3 Å². The standard InChI is InChI=1S/C28H30F3NO4/c1-25-9-8-18(33)11-21(25)22(30)12-20-19-10-16-15-32(17-6-4-3-5-7-17)36-28(16,24(35)14-29)26(19,2)13-23(34)27(20,25)31/h3-9,11,16,19-20,22-23,34H,10,12-15H2,1-2H3/t16?,19-,20-,22-,23-,25-,26-,27-,28-/m0/s1. The van der Waals surface area contributed by atoms with Gasteiger partial charge < -0.3 is 5.11 Å². The van der Waals surface area contributed by atoms with Gasteiger partial charge in [0.15, 0.2) is 29.5 Å². The first-order chi connectivity index (χ1) is 17.0. The zero-order valence-corrected chi connectivity index (χ0v) is 20.3. The van der Waals surface area contributed by atoms with Gasteiger partial charge in [-0.3, -0.25) is 19.5 Å². The summed E-state index contributed by atoms with van der Waals surface area (Å²) in [4.78, 5) is 31.7. The number of benzene rings is 1. The van der Waals surface area contributed by atoms with Gasteiger partial charge in [-0.1, -0.05) is 31.2 Å². The number of ketones is 2. The number of aliphatic hydroxyl groups is 1. The summed E-state index contributed by atoms with van der Waals surface area (Å²) in [5, 5.41) is 13.1. The molecule has 4 fully saturated rings. The highest BCUT2D eigenvalue weighted by Gasteiger charge is 2.79. The minimum Gasteiger partial charge on any atom is -0.390 e. The summed E-state index contributed by atoms with van der Waals surface area (Å²) >= 11 is 0. The number of rotatable bonds is 3. The van der Waals surface area contributed by atoms with Crippen molar-refractivity contribution in [1.82, 2.24) is 0 Å². The monoisotopic (exact) mass is 501 g/mol. The van der Waals surface area contributed by atoms with Crippen molar-refractivity contribution in [3.05, 3.63) is 54.1 Å². The number of hydrogen-bond acceptors (Lipinski definition) is 5. The number of carbonyl (C=O) groups excluding carboxylic acids is 2. The van der Waals surface area contributed by atoms with Gasteiger partial charge in [0.1, 0.15) is 6.17 Å². The number of allylic oxidation sites excluding steroid dienone is 4. The smallest absolute Gasteiger partial charge is 0.199 e. The van der Waals surface area contributed by atoms with E-state index in [1.807, 2.05) is 30.3 Å². The minimum atomic E-state index is -2.25. The predicted octanol–water partition coefficient (Wildman–Crippen LogP) is 4.26. The second-order valence-electron chi connectivity index (χ2n) is 11.6. The van der Waals surface area contributed by atoms with Gasteiger partial charge in [0, 0.05) is 22.7 Å². The molecular weight excluding hydrogens is 471 g/mol. The van der Waals surface area contributed by atoms with Gasteiger partial charge in [-0.25, -0.2) is 13.2 Å². The number of anilines is 1. The maximum absolute atomic E-state index is 17.3. The van der Waals surface area contributed by atoms with Crippen molar-refractivity contribution in [2.75, 3.05) is 18.3 Å². The lowest BCUT2D eigenvalue weighted by atomic mass is 9.44. The van der Waals surface area contributed by atoms with Crippen molar-refractivity contribution in [2.24, 2.45) is 28.6 Å². The maximum Gasteiger partial charge on any atom is 0.199 e. The van der Waals surface area contributed by atoms with Crippen molar-refractivity contribution >= 4 is 17.3 Å². The van der Waals surface area contributed by atoms with Crippen LogP contribution >= 0.6 is 0 Å². The van der Waals surface area contributed by atoms with E-state index in [1.165, 1.54) is 19.1 Å². The number of fused-ring (bicyclic) bond motifs is 7. The SMILES string of the molecule is C[C@]12C=CC(=O)C=C1[C@@H](F)C[C@H]1[C@@H]3CC4CN(c5ccccc5)O[C@@]4(C(=O)CF)[C@@]3(C)C[C@H](O)[C@@]12F. The predicted molar refractivity (Wildman–Crippen MR) is 126 cm³/mol. The Labute approximate surface area is 207 Å². The molecule has 0 amide bonds. The molecule has 3 saturated carbocycles. The summed E-state index contributed by atoms with van der Waals surface area (Å²) < 4.78 is 47.1. The lowest BCUT2D eigenvalue weighted by Gasteiger charge is -2.63. The molecule has 36 heavy (non-hydrogen) atoms. The molecule has 1 aliphatic heterocycles. The van der Waals surface area contributed by atoms with Crippen molar-refractivity contribution in [2.45, 2.75) is 56.7 Å². The number of halogens is 3. The van der Waals surface area contributed by atoms with Crippen molar-refractivity contribution in [3.8, 4) is 0 Å². The first-order valence-corrected chi connectivity index (χ1v) is 12.6. The molecule has 9 atom stereocenters. The summed E-state index contributed by atoms with van der Waals surface area (Å²) in [5.41, 5.74) is -5.69. The van der Waals surface area contributed by atoms with E-state index in [9.17, 15) is 19.1 Å². The van der Waals surface area contributed by atoms with Crippen LogP contribution in [0.15, 0.2) is 54.1 Å². The molecular formula is C28H30F3NO4. The molecule has 0 spiro atoms. The molecule has 6 rings (SSSR count). The Balaban J connectivity index is 1.46. The van der Waals surface area contributed by atoms with Gasteiger partial charge in [0.25, 0.3) is 0 Å². The molecule has 0 aromatic heterocycles. The second-order valence-corrected chi connectivity index (χ2v) is 11.6. The molecule has 1 heterocycles. The number of aliphatic hydroxyl groups excluding tert-OH is 1. The highest BCUT2D eigenvalue weighted by molar-refractivity contribution is 6.01. The highest BCUT2D eigenvalue weighted by atomic mass is 19.1. The number of para-hydroxylation sites is 1. The summed E-state index contributed by atoms with van der Waals surface area (Å²) in [6.07, 6.45) is 0.630. The first kappa shape index (κ1) is 23.9. The quantitative estimate of drug-likeness (QED) is 0.671. The number of carbonyl (C=O) groups is 2. The maximum atomic E-state index is 17.3. The van der Waals surface area contributed by atoms with E-state index in [0.29, 0.717) is 13.0 Å². The topological polar surface area (TPSA) is 66.8 Å². The fraction of sp³-hybridized carbons (Fsp3) is 0.571. The second kappa shape index (κ2) is 7.54. The Hall–Kier alpha value is -2.45. The van der Waals surface area contributed by atoms with Gasteiger partial charge in [-0.2, -0.15) is 0 Å². The van der Waals surface area contributed by atoms with E-state index in [-0.39, 0.29) is 18.4 Å². The van der Waals surface area contributed by atoms with Crippen LogP contribution in [0, 0.1) is 28.6 Å². The van der Waals surface area contributed by atoms with Gasteiger partial charge >= 0.3 is 0 Å². The van der Waals surface area contributed by atoms with Crippen LogP contribution in [-0.4, -0.2) is 53.4 Å². The molecule has 1 N–H and O–H groups in total. The van der Waals surface area contributed by atoms with Crippen LogP contribution in [0.5, 0.6) is 0 Å². The van der Waals surface area contributed by atoms with Crippen LogP contribution in [0.25, 0.3) is 0 Å². The number of Topliss-reactive ketones (excluding diaryl/α,β-unsaturated/α-hetero) is 1. The summed E-state index contributed by atoms with van der Waals surface area (Å²) in [6, 6.07) is 9.18. The lowest BCUT2D eigenvalue weighted by Crippen LogP contribution is -2.70. The average molecular weight is 502 g/mol. The average Bonchev–Trinajstić information content (AvgIpc) is 3.36. The van der Waals surface area contributed by atoms with E-state index in [0.717, 1.165) is 11.8 Å². The Kier molecular flexibility index (Phi) is 5.01. The molecule has 5 nitrogen and oxygen atoms in total. The van der Waals surface area contributed by atoms with Gasteiger partial charge in [-0.05, 0) is 62.0 Å². The van der Waals surface area contributed by atoms with Crippen molar-refractivity contribution in [3.63, 3.8) is 0 Å². The molecule has 5 aliphatic rings. The molecule has 1 aromatic carbocycles. The van der Waals surface area contributed by atoms with Crippen LogP contribution < -0.4 is 5.06 Å². The zero-order valence-electron chi connectivity index (χ0n) is 20.3. The molecule has 1 aromatic rings. The molecule has 8 heteroatoms. The molecule has 0 radical (unpaired) electrons. The number of nitrogens with zero attached hydrogens (tertiary/aromatic N) is 1. The largest absolute Gasteiger partial charge is 0.390 e. The Bertz CT molecular complexity index is 1190. The summed E-state index contributed by atoms with van der Waals surface area (Å²) in [7, 11) is 0. The van der Waals surface area contributed by atoms with E-state index >= 15 is 8.78 Å². The van der Waals surface area contributed by atoms with Crippen LogP contribution in [0.3, 0.4) is 0 Å². The fourth-order valence-electron chi connectivity index (χ4n) is 8.60. The molecule has 0 bridgehead atoms. The first-order valence-electron chi connectivity index (χ1n) is 12.6. The third kappa shape index (κ3) is 2.64. The van der Waals surface area contributed by atoms with E-state index in [1.54, 1.807) is 12.0 Å². The van der Waals surface area contributed by atoms with E-state index < -0.39 is 70.4 Å². The third-order valence-corrected chi connectivity index (χ3v) is 10.2. The number of hydrogen-bond donors (Lipinski definition) is 1. The van der Waals surface area contributed by atoms with Crippen molar-refractivity contribution in [1.29, 1.82) is 0 Å². The third-order valence-electron chi connectivity index (χ3n) is 10.2. The van der Waals surface area contributed by atoms with Gasteiger partial charge in [0.2, 0.25) is 0 Å². The molecule has 1 saturated heterocycles. The highest BCUT2D eigenvalue weighted by Crippen LogP contribution is 2.72. The minimum absolute atomic E-state index is 0.0515. The Morgan fingerprint density at radius 3 is 2.61 bits per heavy atom. The van der Waals surface area contributed by atoms with Crippen LogP contribution in [0.2, 0.25) is 0 Å². The number of alkyl halides is 3. The summed E-state index contributed by atoms with van der Waals surface area (Å²) in [5.74, 6) is -3.04. The molecule has 1 unspecified atom stereocenters. The zero-order chi connectivity index (χ0) is 25.7. The van der Waals surface area contributed by atoms with Crippen LogP contribution in [0.1, 0.15) is 33.1 Å². The normalized spacial score (nSPS) is 47.1. The van der Waals surface area contributed by atoms with Crippen LogP contribution in [0.4, 0.5) is 18.9 Å². The van der Waals surface area contributed by atoms with Crippen LogP contribution in [-0.2, 0) is 14.4 Å². The summed E-state index contributed by atoms with van der Waals surface area (Å²) in [6.45, 7) is 2.37. The Morgan fingerprint density at radius 1 is 1.19 bits per heavy atom. The molecule has 192 valence electrons. The Morgan fingerprint density at radius 2 is 1.92 bits per heavy atom. The van der Waals surface area contributed by atoms with Crippen molar-refractivity contribution < 1.29 is 32.7 Å². The molecule has 4 aliphatic carbocycles. The number of hydroxylamine groups is 1. The van der Waals surface area contributed by atoms with E-state index in [4.69, 9.17) is 4.84 Å². The fourth-order valence-corrected chi connectivity index (χ4v) is 8.60. The van der Waals surface area contributed by atoms with Gasteiger partial charge in [-0.15, -0.1) is 0 Å². The van der Waals surface area contributed by atoms with E-state index in [2.05, 4.69) is 0 Å². The lowest BCUT2D eigenvalue weighted by molar-refractivity contribution is -0.227.